The fraction of sp³-hybridized carbons (Fsp3) is 0.600. The highest BCUT2D eigenvalue weighted by Gasteiger charge is 2.39. The zero-order valence-electron chi connectivity index (χ0n) is 8.45. The van der Waals surface area contributed by atoms with Crippen LogP contribution in [0.15, 0.2) is 12.2 Å². The van der Waals surface area contributed by atoms with Gasteiger partial charge in [0.15, 0.2) is 19.8 Å². The Hall–Kier alpha value is -0.960. The third-order valence-corrected chi connectivity index (χ3v) is 1.81. The van der Waals surface area contributed by atoms with Gasteiger partial charge in [-0.3, -0.25) is 0 Å². The highest BCUT2D eigenvalue weighted by Crippen LogP contribution is 2.24. The molecule has 1 atom stereocenters. The van der Waals surface area contributed by atoms with Gasteiger partial charge in [-0.25, -0.2) is 8.78 Å². The Morgan fingerprint density at radius 3 is 2.33 bits per heavy atom. The Bertz CT molecular complexity index is 229. The Balaban J connectivity index is 4.79. The predicted octanol–water partition coefficient (Wildman–Crippen LogP) is 1.53. The molecule has 0 spiro atoms. The van der Waals surface area contributed by atoms with E-state index in [0.717, 1.165) is 0 Å². The number of hydrogen-bond donors (Lipinski definition) is 1. The zero-order valence-corrected chi connectivity index (χ0v) is 8.45. The van der Waals surface area contributed by atoms with Crippen LogP contribution in [0.5, 0.6) is 0 Å². The van der Waals surface area contributed by atoms with Crippen molar-refractivity contribution in [3.63, 3.8) is 0 Å². The van der Waals surface area contributed by atoms with Crippen molar-refractivity contribution >= 4 is 0 Å². The molecule has 0 radical (unpaired) electrons. The molecule has 1 N–H and O–H groups in total. The molecule has 86 valence electrons. The maximum Gasteiger partial charge on any atom is 0.214 e. The van der Waals surface area contributed by atoms with Gasteiger partial charge in [0, 0.05) is 6.42 Å². The number of hydrogen-bond acceptors (Lipinski definition) is 3. The van der Waals surface area contributed by atoms with Crippen LogP contribution in [0.4, 0.5) is 8.78 Å². The molecule has 0 aliphatic carbocycles. The average molecular weight is 220 g/mol. The normalized spacial score (nSPS) is 14.1. The summed E-state index contributed by atoms with van der Waals surface area (Å²) in [5.74, 6) is 0.0663. The summed E-state index contributed by atoms with van der Waals surface area (Å²) in [5.41, 5.74) is 0. The monoisotopic (exact) mass is 220 g/mol. The summed E-state index contributed by atoms with van der Waals surface area (Å²) in [6.45, 7) is -0.746. The third kappa shape index (κ3) is 3.96. The van der Waals surface area contributed by atoms with Crippen LogP contribution in [0.2, 0.25) is 0 Å². The molecule has 0 aliphatic rings. The first-order chi connectivity index (χ1) is 7.16. The van der Waals surface area contributed by atoms with Gasteiger partial charge in [-0.2, -0.15) is 0 Å². The van der Waals surface area contributed by atoms with Crippen LogP contribution in [0.3, 0.4) is 0 Å². The molecule has 0 heterocycles. The molecule has 0 aromatic rings. The number of rotatable bonds is 7. The Labute approximate surface area is 87.7 Å². The number of terminal acetylenes is 1. The summed E-state index contributed by atoms with van der Waals surface area (Å²) < 4.78 is 33.3. The molecule has 15 heavy (non-hydrogen) atoms. The molecule has 0 saturated carbocycles. The van der Waals surface area contributed by atoms with Crippen molar-refractivity contribution in [2.45, 2.75) is 25.2 Å². The molecule has 0 saturated heterocycles. The highest BCUT2D eigenvalue weighted by atomic mass is 19.1. The van der Waals surface area contributed by atoms with Crippen LogP contribution in [-0.2, 0) is 9.47 Å². The van der Waals surface area contributed by atoms with E-state index in [9.17, 15) is 13.9 Å². The molecule has 0 amide bonds. The second kappa shape index (κ2) is 7.35. The van der Waals surface area contributed by atoms with Crippen LogP contribution >= 0.6 is 0 Å². The van der Waals surface area contributed by atoms with E-state index in [1.165, 1.54) is 6.08 Å². The van der Waals surface area contributed by atoms with Crippen molar-refractivity contribution < 1.29 is 23.4 Å². The number of aliphatic hydroxyl groups is 1. The first-order valence-corrected chi connectivity index (χ1v) is 4.32. The molecule has 1 unspecified atom stereocenters. The fourth-order valence-electron chi connectivity index (χ4n) is 1.02. The van der Waals surface area contributed by atoms with E-state index in [2.05, 4.69) is 9.47 Å². The van der Waals surface area contributed by atoms with Crippen molar-refractivity contribution in [1.29, 1.82) is 0 Å². The minimum atomic E-state index is -1.86. The summed E-state index contributed by atoms with van der Waals surface area (Å²) in [6, 6.07) is 0. The molecule has 0 bridgehead atoms. The van der Waals surface area contributed by atoms with Crippen molar-refractivity contribution in [3.05, 3.63) is 12.2 Å². The first-order valence-electron chi connectivity index (χ1n) is 4.32. The van der Waals surface area contributed by atoms with E-state index in [1.807, 2.05) is 5.92 Å². The van der Waals surface area contributed by atoms with E-state index in [0.29, 0.717) is 0 Å². The van der Waals surface area contributed by atoms with E-state index >= 15 is 0 Å². The van der Waals surface area contributed by atoms with Gasteiger partial charge >= 0.3 is 0 Å². The lowest BCUT2D eigenvalue weighted by atomic mass is 10.1. The molecule has 0 fully saturated rings. The second-order valence-electron chi connectivity index (χ2n) is 2.66. The summed E-state index contributed by atoms with van der Waals surface area (Å²) in [7, 11) is 0. The molecule has 0 aliphatic heterocycles. The van der Waals surface area contributed by atoms with Crippen LogP contribution in [-0.4, -0.2) is 30.7 Å². The summed E-state index contributed by atoms with van der Waals surface area (Å²) in [5, 5.41) is 9.40. The van der Waals surface area contributed by atoms with Gasteiger partial charge in [-0.05, 0) is 6.92 Å². The quantitative estimate of drug-likeness (QED) is 0.401. The van der Waals surface area contributed by atoms with Crippen molar-refractivity contribution in [1.82, 2.24) is 0 Å². The number of ether oxygens (including phenoxy) is 2. The van der Waals surface area contributed by atoms with Crippen LogP contribution in [0.1, 0.15) is 13.3 Å². The predicted molar refractivity (Wildman–Crippen MR) is 51.1 cm³/mol. The number of aliphatic hydroxyl groups excluding tert-OH is 1. The maximum absolute atomic E-state index is 12.1. The molecular weight excluding hydrogens is 206 g/mol. The highest BCUT2D eigenvalue weighted by molar-refractivity contribution is 5.04. The zero-order chi connectivity index (χ0) is 11.7. The van der Waals surface area contributed by atoms with Gasteiger partial charge in [0.1, 0.15) is 0 Å². The van der Waals surface area contributed by atoms with E-state index in [1.54, 1.807) is 13.0 Å². The molecular formula is C10H14F2O3. The van der Waals surface area contributed by atoms with Gasteiger partial charge in [-0.1, -0.05) is 18.1 Å². The van der Waals surface area contributed by atoms with Crippen molar-refractivity contribution in [2.75, 3.05) is 13.7 Å². The van der Waals surface area contributed by atoms with Gasteiger partial charge in [0.05, 0.1) is 0 Å². The van der Waals surface area contributed by atoms with Gasteiger partial charge < -0.3 is 14.6 Å². The molecule has 3 nitrogen and oxygen atoms in total. The summed E-state index contributed by atoms with van der Waals surface area (Å²) in [4.78, 5) is 0. The standard InChI is InChI=1S/C10H14F2O3/c1-3-5-6-10(14-7-11,15-8-12)9(13)4-2/h2-3,5,9,13H,6-8H2,1H3/b5-3+. The smallest absolute Gasteiger partial charge is 0.214 e. The fourth-order valence-corrected chi connectivity index (χ4v) is 1.02. The molecule has 0 aromatic heterocycles. The number of alkyl halides is 2. The molecule has 0 aromatic carbocycles. The van der Waals surface area contributed by atoms with Gasteiger partial charge in [-0.15, -0.1) is 6.42 Å². The largest absolute Gasteiger partial charge is 0.375 e. The molecule has 5 heteroatoms. The SMILES string of the molecule is C#CC(O)C(C/C=C/C)(OCF)OCF. The number of halogens is 2. The summed E-state index contributed by atoms with van der Waals surface area (Å²) in [6.07, 6.45) is 6.54. The van der Waals surface area contributed by atoms with E-state index in [4.69, 9.17) is 6.42 Å². The van der Waals surface area contributed by atoms with Crippen LogP contribution in [0.25, 0.3) is 0 Å². The summed E-state index contributed by atoms with van der Waals surface area (Å²) >= 11 is 0. The van der Waals surface area contributed by atoms with Crippen molar-refractivity contribution in [3.8, 4) is 12.3 Å². The first kappa shape index (κ1) is 14.0. The van der Waals surface area contributed by atoms with Crippen LogP contribution < -0.4 is 0 Å². The number of allylic oxidation sites excluding steroid dienone is 1. The lowest BCUT2D eigenvalue weighted by Crippen LogP contribution is -2.46. The van der Waals surface area contributed by atoms with E-state index < -0.39 is 25.6 Å². The average Bonchev–Trinajstić information content (AvgIpc) is 2.25. The lowest BCUT2D eigenvalue weighted by molar-refractivity contribution is -0.294. The minimum Gasteiger partial charge on any atom is -0.375 e. The topological polar surface area (TPSA) is 38.7 Å². The Morgan fingerprint density at radius 2 is 2.00 bits per heavy atom. The lowest BCUT2D eigenvalue weighted by Gasteiger charge is -2.32. The maximum atomic E-state index is 12.1. The Morgan fingerprint density at radius 1 is 1.47 bits per heavy atom. The van der Waals surface area contributed by atoms with E-state index in [-0.39, 0.29) is 6.42 Å². The molecule has 0 rings (SSSR count). The van der Waals surface area contributed by atoms with Crippen LogP contribution in [0, 0.1) is 12.3 Å². The second-order valence-corrected chi connectivity index (χ2v) is 2.66. The Kier molecular flexibility index (Phi) is 6.88. The van der Waals surface area contributed by atoms with Gasteiger partial charge in [0.25, 0.3) is 0 Å². The third-order valence-electron chi connectivity index (χ3n) is 1.81. The minimum absolute atomic E-state index is 0.0390. The van der Waals surface area contributed by atoms with Gasteiger partial charge in [0.2, 0.25) is 5.79 Å². The van der Waals surface area contributed by atoms with Crippen molar-refractivity contribution in [2.24, 2.45) is 0 Å².